The summed E-state index contributed by atoms with van der Waals surface area (Å²) in [5.74, 6) is 2.37. The summed E-state index contributed by atoms with van der Waals surface area (Å²) in [6.45, 7) is 9.28. The van der Waals surface area contributed by atoms with Crippen LogP contribution in [0.4, 0.5) is 0 Å². The summed E-state index contributed by atoms with van der Waals surface area (Å²) in [5.41, 5.74) is 21.4. The van der Waals surface area contributed by atoms with Crippen LogP contribution in [0.3, 0.4) is 0 Å². The minimum Gasteiger partial charge on any atom is -0.435 e. The van der Waals surface area contributed by atoms with Gasteiger partial charge in [0.05, 0.1) is 22.1 Å². The number of para-hydroxylation sites is 3. The van der Waals surface area contributed by atoms with Gasteiger partial charge in [-0.3, -0.25) is 4.57 Å². The maximum Gasteiger partial charge on any atom is 0.238 e. The molecule has 14 aromatic rings. The molecule has 0 fully saturated rings. The van der Waals surface area contributed by atoms with Crippen LogP contribution in [0.1, 0.15) is 49.9 Å². The van der Waals surface area contributed by atoms with Gasteiger partial charge < -0.3 is 8.98 Å². The highest BCUT2D eigenvalue weighted by molar-refractivity contribution is 6.23. The topological polar surface area (TPSA) is 74.6 Å². The second kappa shape index (κ2) is 15.9. The average molecular weight is 989 g/mol. The Kier molecular flexibility index (Phi) is 9.02. The van der Waals surface area contributed by atoms with Crippen molar-refractivity contribution in [3.8, 4) is 79.2 Å². The lowest BCUT2D eigenvalue weighted by molar-refractivity contribution is 0.621. The van der Waals surface area contributed by atoms with Crippen LogP contribution in [0.5, 0.6) is 0 Å². The molecule has 77 heavy (non-hydrogen) atoms. The second-order valence-electron chi connectivity index (χ2n) is 21.8. The molecule has 0 saturated heterocycles. The van der Waals surface area contributed by atoms with Gasteiger partial charge in [-0.25, -0.2) is 9.97 Å². The quantitative estimate of drug-likeness (QED) is 0.166. The first-order valence-electron chi connectivity index (χ1n) is 26.5. The monoisotopic (exact) mass is 988 g/mol. The molecule has 0 amide bonds. The molecule has 0 radical (unpaired) electrons. The zero-order valence-corrected chi connectivity index (χ0v) is 42.9. The van der Waals surface area contributed by atoms with Crippen LogP contribution in [0.2, 0.25) is 0 Å². The third-order valence-corrected chi connectivity index (χ3v) is 16.8. The third-order valence-electron chi connectivity index (χ3n) is 16.8. The average Bonchev–Trinajstić information content (AvgIpc) is 4.28. The molecule has 2 aliphatic carbocycles. The van der Waals surface area contributed by atoms with E-state index in [4.69, 9.17) is 24.4 Å². The lowest BCUT2D eigenvalue weighted by Gasteiger charge is -2.21. The highest BCUT2D eigenvalue weighted by atomic mass is 16.3. The van der Waals surface area contributed by atoms with Crippen molar-refractivity contribution in [2.24, 2.45) is 0 Å². The molecule has 7 heteroatoms. The van der Waals surface area contributed by atoms with Gasteiger partial charge in [0.25, 0.3) is 0 Å². The van der Waals surface area contributed by atoms with E-state index in [1.807, 2.05) is 36.4 Å². The maximum absolute atomic E-state index is 6.60. The van der Waals surface area contributed by atoms with Crippen molar-refractivity contribution < 1.29 is 4.42 Å². The molecule has 0 atom stereocenters. The van der Waals surface area contributed by atoms with E-state index in [0.717, 1.165) is 88.2 Å². The number of aromatic nitrogens is 6. The van der Waals surface area contributed by atoms with Gasteiger partial charge in [-0.1, -0.05) is 191 Å². The highest BCUT2D eigenvalue weighted by Gasteiger charge is 2.37. The van der Waals surface area contributed by atoms with Crippen molar-refractivity contribution in [1.82, 2.24) is 29.1 Å². The third kappa shape index (κ3) is 6.25. The van der Waals surface area contributed by atoms with Gasteiger partial charge in [0, 0.05) is 60.3 Å². The Bertz CT molecular complexity index is 4700. The Morgan fingerprint density at radius 3 is 1.49 bits per heavy atom. The van der Waals surface area contributed by atoms with Crippen LogP contribution in [-0.2, 0) is 10.8 Å². The largest absolute Gasteiger partial charge is 0.435 e. The van der Waals surface area contributed by atoms with Crippen molar-refractivity contribution in [2.75, 3.05) is 0 Å². The van der Waals surface area contributed by atoms with Gasteiger partial charge in [-0.05, 0) is 105 Å². The van der Waals surface area contributed by atoms with Gasteiger partial charge in [0.2, 0.25) is 11.8 Å². The first kappa shape index (κ1) is 43.7. The van der Waals surface area contributed by atoms with Crippen molar-refractivity contribution in [3.05, 3.63) is 241 Å². The SMILES string of the molecule is CC1(C)c2ccccc2-c2cc(-c3nc(-c4ccc5c(c4)-c4ccccc4C5(C)C)nc(-n4c5ccccc5c5ccc6c7ccccc7n(-c7cccc(-c8cccc9nc(-c%10ccccc%10)oc89)c7)c6c54)n3)ccc21. The Labute approximate surface area is 444 Å². The summed E-state index contributed by atoms with van der Waals surface area (Å²) in [7, 11) is 0. The molecule has 0 bridgehead atoms. The first-order valence-corrected chi connectivity index (χ1v) is 26.5. The molecule has 364 valence electrons. The number of oxazole rings is 1. The van der Waals surface area contributed by atoms with Crippen molar-refractivity contribution in [3.63, 3.8) is 0 Å². The fourth-order valence-corrected chi connectivity index (χ4v) is 13.1. The number of fused-ring (bicyclic) bond motifs is 14. The second-order valence-corrected chi connectivity index (χ2v) is 21.8. The smallest absolute Gasteiger partial charge is 0.238 e. The molecular formula is C70H48N6O. The van der Waals surface area contributed by atoms with Gasteiger partial charge in [0.1, 0.15) is 5.52 Å². The zero-order chi connectivity index (χ0) is 51.3. The molecule has 7 nitrogen and oxygen atoms in total. The van der Waals surface area contributed by atoms with E-state index in [1.165, 1.54) is 44.5 Å². The molecule has 0 N–H and O–H groups in total. The lowest BCUT2D eigenvalue weighted by atomic mass is 9.82. The molecular weight excluding hydrogens is 941 g/mol. The van der Waals surface area contributed by atoms with E-state index in [9.17, 15) is 0 Å². The highest BCUT2D eigenvalue weighted by Crippen LogP contribution is 2.51. The van der Waals surface area contributed by atoms with E-state index in [2.05, 4.69) is 219 Å². The number of nitrogens with zero attached hydrogens (tertiary/aromatic N) is 6. The number of hydrogen-bond acceptors (Lipinski definition) is 5. The summed E-state index contributed by atoms with van der Waals surface area (Å²) in [6, 6.07) is 78.2. The minimum absolute atomic E-state index is 0.143. The van der Waals surface area contributed by atoms with Crippen LogP contribution in [0, 0.1) is 0 Å². The van der Waals surface area contributed by atoms with Gasteiger partial charge >= 0.3 is 0 Å². The summed E-state index contributed by atoms with van der Waals surface area (Å²) in [6.07, 6.45) is 0. The number of rotatable bonds is 6. The van der Waals surface area contributed by atoms with E-state index < -0.39 is 0 Å². The molecule has 16 rings (SSSR count). The maximum atomic E-state index is 6.60. The first-order chi connectivity index (χ1) is 37.7. The molecule has 2 aliphatic rings. The fourth-order valence-electron chi connectivity index (χ4n) is 13.1. The predicted molar refractivity (Wildman–Crippen MR) is 313 cm³/mol. The molecule has 0 spiro atoms. The van der Waals surface area contributed by atoms with E-state index in [-0.39, 0.29) is 10.8 Å². The van der Waals surface area contributed by atoms with Gasteiger partial charge in [-0.15, -0.1) is 0 Å². The number of hydrogen-bond donors (Lipinski definition) is 0. The van der Waals surface area contributed by atoms with E-state index in [1.54, 1.807) is 0 Å². The van der Waals surface area contributed by atoms with Crippen LogP contribution >= 0.6 is 0 Å². The van der Waals surface area contributed by atoms with Crippen LogP contribution < -0.4 is 0 Å². The standard InChI is InChI=1S/C70H48N6O/c1-69(2)55-27-12-8-22-47(55)53-39-43(32-36-57(53)69)65-72-66(44-33-37-58-54(40-44)48-23-9-13-28-56(48)70(58,3)4)74-68(73-65)76-61-31-15-11-25-50(61)52-35-34-51-49-24-10-14-30-60(49)75(62(51)63(52)76)45-21-16-20-42(38-45)46-26-17-29-59-64(46)77-67(71-59)41-18-6-5-7-19-41/h5-40H,1-4H3. The summed E-state index contributed by atoms with van der Waals surface area (Å²) in [4.78, 5) is 21.6. The Hall–Kier alpha value is -9.72. The number of benzene rings is 10. The Morgan fingerprint density at radius 2 is 0.857 bits per heavy atom. The summed E-state index contributed by atoms with van der Waals surface area (Å²) in [5, 5.41) is 4.49. The molecule has 10 aromatic carbocycles. The van der Waals surface area contributed by atoms with Crippen molar-refractivity contribution in [1.29, 1.82) is 0 Å². The molecule has 0 aliphatic heterocycles. The Morgan fingerprint density at radius 1 is 0.351 bits per heavy atom. The summed E-state index contributed by atoms with van der Waals surface area (Å²) < 4.78 is 11.3. The molecule has 4 heterocycles. The van der Waals surface area contributed by atoms with E-state index >= 15 is 0 Å². The Balaban J connectivity index is 0.960. The summed E-state index contributed by atoms with van der Waals surface area (Å²) >= 11 is 0. The van der Waals surface area contributed by atoms with Crippen LogP contribution in [0.25, 0.3) is 134 Å². The van der Waals surface area contributed by atoms with Crippen LogP contribution in [0.15, 0.2) is 223 Å². The van der Waals surface area contributed by atoms with Crippen molar-refractivity contribution >= 4 is 54.7 Å². The van der Waals surface area contributed by atoms with Gasteiger partial charge in [0.15, 0.2) is 17.2 Å². The predicted octanol–water partition coefficient (Wildman–Crippen LogP) is 17.5. The normalized spacial score (nSPS) is 13.9. The van der Waals surface area contributed by atoms with E-state index in [0.29, 0.717) is 23.5 Å². The van der Waals surface area contributed by atoms with Crippen molar-refractivity contribution in [2.45, 2.75) is 38.5 Å². The lowest BCUT2D eigenvalue weighted by Crippen LogP contribution is -2.14. The zero-order valence-electron chi connectivity index (χ0n) is 42.9. The minimum atomic E-state index is -0.143. The van der Waals surface area contributed by atoms with Crippen LogP contribution in [-0.4, -0.2) is 29.1 Å². The molecule has 0 saturated carbocycles. The molecule has 4 aromatic heterocycles. The fraction of sp³-hybridized carbons (Fsp3) is 0.0857. The van der Waals surface area contributed by atoms with Gasteiger partial charge in [-0.2, -0.15) is 9.97 Å². The molecule has 0 unspecified atom stereocenters.